The van der Waals surface area contributed by atoms with Crippen LogP contribution in [0.5, 0.6) is 11.5 Å². The maximum Gasteiger partial charge on any atom is 0.248 e. The van der Waals surface area contributed by atoms with E-state index in [4.69, 9.17) is 9.47 Å². The fourth-order valence-electron chi connectivity index (χ4n) is 4.03. The predicted octanol–water partition coefficient (Wildman–Crippen LogP) is 2.88. The van der Waals surface area contributed by atoms with Gasteiger partial charge < -0.3 is 19.7 Å². The number of likely N-dealkylation sites (tertiary alicyclic amines) is 1. The lowest BCUT2D eigenvalue weighted by Gasteiger charge is -2.23. The van der Waals surface area contributed by atoms with Gasteiger partial charge in [-0.3, -0.25) is 9.59 Å². The molecule has 1 atom stereocenters. The average Bonchev–Trinajstić information content (AvgIpc) is 3.40. The van der Waals surface area contributed by atoms with E-state index in [2.05, 4.69) is 10.3 Å². The lowest BCUT2D eigenvalue weighted by molar-refractivity contribution is -0.133. The summed E-state index contributed by atoms with van der Waals surface area (Å²) >= 11 is 1.57. The normalized spacial score (nSPS) is 20.4. The molecule has 1 aromatic carbocycles. The maximum atomic E-state index is 12.9. The highest BCUT2D eigenvalue weighted by molar-refractivity contribution is 7.15. The molecule has 1 aliphatic carbocycles. The molecule has 3 heterocycles. The quantitative estimate of drug-likeness (QED) is 0.855. The third-order valence-electron chi connectivity index (χ3n) is 5.50. The first-order valence-corrected chi connectivity index (χ1v) is 10.5. The van der Waals surface area contributed by atoms with Gasteiger partial charge in [0.2, 0.25) is 18.6 Å². The molecule has 5 rings (SSSR count). The van der Waals surface area contributed by atoms with Crippen molar-refractivity contribution in [1.29, 1.82) is 0 Å². The first-order chi connectivity index (χ1) is 13.7. The Morgan fingerprint density at radius 3 is 2.96 bits per heavy atom. The van der Waals surface area contributed by atoms with Gasteiger partial charge in [-0.25, -0.2) is 4.98 Å². The fraction of sp³-hybridized carbons (Fsp3) is 0.450. The van der Waals surface area contributed by atoms with Crippen molar-refractivity contribution in [3.63, 3.8) is 0 Å². The Morgan fingerprint density at radius 1 is 1.21 bits per heavy atom. The van der Waals surface area contributed by atoms with Crippen molar-refractivity contribution in [3.05, 3.63) is 34.3 Å². The Kier molecular flexibility index (Phi) is 4.43. The second-order valence-corrected chi connectivity index (χ2v) is 8.43. The van der Waals surface area contributed by atoms with Crippen molar-refractivity contribution < 1.29 is 19.1 Å². The number of thiazole rings is 1. The van der Waals surface area contributed by atoms with E-state index in [0.717, 1.165) is 30.5 Å². The lowest BCUT2D eigenvalue weighted by atomic mass is 10.0. The summed E-state index contributed by atoms with van der Waals surface area (Å²) in [6.07, 6.45) is 5.28. The SMILES string of the molecule is O=C(Nc1nc2c(s1)CCCC2)C1CCC(=O)N1Cc1ccc2c(c1)OCO2. The fourth-order valence-corrected chi connectivity index (χ4v) is 5.09. The average molecular weight is 399 g/mol. The summed E-state index contributed by atoms with van der Waals surface area (Å²) in [6.45, 7) is 0.589. The van der Waals surface area contributed by atoms with Crippen molar-refractivity contribution in [2.24, 2.45) is 0 Å². The molecule has 1 fully saturated rings. The molecule has 146 valence electrons. The smallest absolute Gasteiger partial charge is 0.248 e. The summed E-state index contributed by atoms with van der Waals surface area (Å²) in [5.74, 6) is 1.23. The molecule has 1 saturated heterocycles. The molecule has 2 aliphatic heterocycles. The number of anilines is 1. The number of fused-ring (bicyclic) bond motifs is 2. The Hall–Kier alpha value is -2.61. The molecule has 28 heavy (non-hydrogen) atoms. The number of rotatable bonds is 4. The van der Waals surface area contributed by atoms with Gasteiger partial charge in [0.1, 0.15) is 6.04 Å². The number of aromatic nitrogens is 1. The third-order valence-corrected chi connectivity index (χ3v) is 6.57. The molecular weight excluding hydrogens is 378 g/mol. The van der Waals surface area contributed by atoms with Gasteiger partial charge in [-0.05, 0) is 49.8 Å². The topological polar surface area (TPSA) is 80.8 Å². The number of aryl methyl sites for hydroxylation is 2. The van der Waals surface area contributed by atoms with Gasteiger partial charge in [0.15, 0.2) is 16.6 Å². The predicted molar refractivity (Wildman–Crippen MR) is 104 cm³/mol. The number of nitrogens with one attached hydrogen (secondary N) is 1. The molecule has 1 N–H and O–H groups in total. The van der Waals surface area contributed by atoms with Crippen LogP contribution in [0.4, 0.5) is 5.13 Å². The van der Waals surface area contributed by atoms with E-state index in [1.165, 1.54) is 11.3 Å². The monoisotopic (exact) mass is 399 g/mol. The van der Waals surface area contributed by atoms with E-state index in [1.807, 2.05) is 18.2 Å². The van der Waals surface area contributed by atoms with Crippen molar-refractivity contribution >= 4 is 28.3 Å². The molecule has 1 unspecified atom stereocenters. The van der Waals surface area contributed by atoms with E-state index >= 15 is 0 Å². The van der Waals surface area contributed by atoms with Crippen LogP contribution >= 0.6 is 11.3 Å². The summed E-state index contributed by atoms with van der Waals surface area (Å²) in [7, 11) is 0. The van der Waals surface area contributed by atoms with Crippen LogP contribution in [0.15, 0.2) is 18.2 Å². The number of nitrogens with zero attached hydrogens (tertiary/aromatic N) is 2. The highest BCUT2D eigenvalue weighted by Gasteiger charge is 2.36. The molecule has 8 heteroatoms. The standard InChI is InChI=1S/C20H21N3O4S/c24-18-8-6-14(19(25)22-20-21-13-3-1-2-4-17(13)28-20)23(18)10-12-5-7-15-16(9-12)27-11-26-15/h5,7,9,14H,1-4,6,8,10-11H2,(H,21,22,25). The van der Waals surface area contributed by atoms with Crippen LogP contribution < -0.4 is 14.8 Å². The summed E-state index contributed by atoms with van der Waals surface area (Å²) < 4.78 is 10.7. The van der Waals surface area contributed by atoms with E-state index in [0.29, 0.717) is 36.0 Å². The minimum absolute atomic E-state index is 0.00347. The summed E-state index contributed by atoms with van der Waals surface area (Å²) in [5, 5.41) is 3.60. The van der Waals surface area contributed by atoms with Crippen LogP contribution in [-0.4, -0.2) is 34.5 Å². The Morgan fingerprint density at radius 2 is 2.07 bits per heavy atom. The zero-order valence-electron chi connectivity index (χ0n) is 15.4. The van der Waals surface area contributed by atoms with Crippen LogP contribution in [0.25, 0.3) is 0 Å². The molecule has 0 bridgehead atoms. The minimum Gasteiger partial charge on any atom is -0.454 e. The van der Waals surface area contributed by atoms with Crippen molar-refractivity contribution in [1.82, 2.24) is 9.88 Å². The van der Waals surface area contributed by atoms with Crippen molar-refractivity contribution in [2.75, 3.05) is 12.1 Å². The van der Waals surface area contributed by atoms with Crippen LogP contribution in [0.2, 0.25) is 0 Å². The molecule has 0 saturated carbocycles. The van der Waals surface area contributed by atoms with E-state index in [1.54, 1.807) is 16.2 Å². The summed E-state index contributed by atoms with van der Waals surface area (Å²) in [4.78, 5) is 32.8. The second kappa shape index (κ2) is 7.09. The number of amides is 2. The first kappa shape index (κ1) is 17.5. The molecular formula is C20H21N3O4S. The van der Waals surface area contributed by atoms with Crippen LogP contribution in [0, 0.1) is 0 Å². The van der Waals surface area contributed by atoms with Gasteiger partial charge in [0.05, 0.1) is 5.69 Å². The Bertz CT molecular complexity index is 918. The highest BCUT2D eigenvalue weighted by Crippen LogP contribution is 2.34. The van der Waals surface area contributed by atoms with Gasteiger partial charge >= 0.3 is 0 Å². The summed E-state index contributed by atoms with van der Waals surface area (Å²) in [5.41, 5.74) is 2.04. The summed E-state index contributed by atoms with van der Waals surface area (Å²) in [6, 6.07) is 5.15. The minimum atomic E-state index is -0.473. The van der Waals surface area contributed by atoms with Crippen LogP contribution in [0.3, 0.4) is 0 Å². The van der Waals surface area contributed by atoms with Crippen molar-refractivity contribution in [3.8, 4) is 11.5 Å². The molecule has 2 amide bonds. The van der Waals surface area contributed by atoms with Gasteiger partial charge in [0.25, 0.3) is 0 Å². The van der Waals surface area contributed by atoms with Gasteiger partial charge in [-0.15, -0.1) is 11.3 Å². The van der Waals surface area contributed by atoms with Crippen LogP contribution in [0.1, 0.15) is 41.8 Å². The number of carbonyl (C=O) groups excluding carboxylic acids is 2. The Balaban J connectivity index is 1.30. The van der Waals surface area contributed by atoms with E-state index < -0.39 is 6.04 Å². The van der Waals surface area contributed by atoms with E-state index in [-0.39, 0.29) is 18.6 Å². The zero-order valence-corrected chi connectivity index (χ0v) is 16.2. The number of benzene rings is 1. The number of carbonyl (C=O) groups is 2. The molecule has 7 nitrogen and oxygen atoms in total. The number of hydrogen-bond acceptors (Lipinski definition) is 6. The second-order valence-electron chi connectivity index (χ2n) is 7.35. The van der Waals surface area contributed by atoms with Crippen LogP contribution in [-0.2, 0) is 29.0 Å². The molecule has 3 aliphatic rings. The lowest BCUT2D eigenvalue weighted by Crippen LogP contribution is -2.41. The van der Waals surface area contributed by atoms with Crippen molar-refractivity contribution in [2.45, 2.75) is 51.1 Å². The van der Waals surface area contributed by atoms with Gasteiger partial charge in [-0.2, -0.15) is 0 Å². The number of ether oxygens (including phenoxy) is 2. The molecule has 0 radical (unpaired) electrons. The third kappa shape index (κ3) is 3.22. The largest absolute Gasteiger partial charge is 0.454 e. The van der Waals surface area contributed by atoms with E-state index in [9.17, 15) is 9.59 Å². The van der Waals surface area contributed by atoms with Gasteiger partial charge in [-0.1, -0.05) is 6.07 Å². The molecule has 1 aromatic heterocycles. The first-order valence-electron chi connectivity index (χ1n) is 9.65. The maximum absolute atomic E-state index is 12.9. The van der Waals surface area contributed by atoms with Gasteiger partial charge in [0, 0.05) is 17.8 Å². The zero-order chi connectivity index (χ0) is 19.1. The number of hydrogen-bond donors (Lipinski definition) is 1. The highest BCUT2D eigenvalue weighted by atomic mass is 32.1. The Labute approximate surface area is 166 Å². The molecule has 0 spiro atoms. The molecule has 2 aromatic rings.